The third kappa shape index (κ3) is 2.50. The van der Waals surface area contributed by atoms with E-state index in [1.807, 2.05) is 23.1 Å². The number of amides is 1. The average Bonchev–Trinajstić information content (AvgIpc) is 2.46. The van der Waals surface area contributed by atoms with E-state index in [4.69, 9.17) is 0 Å². The van der Waals surface area contributed by atoms with E-state index in [1.165, 1.54) is 12.5 Å². The van der Waals surface area contributed by atoms with Crippen LogP contribution < -0.4 is 5.56 Å². The molecule has 2 aromatic rings. The molecule has 2 heterocycles. The highest BCUT2D eigenvalue weighted by atomic mass is 79.9. The fourth-order valence-electron chi connectivity index (χ4n) is 2.68. The molecule has 1 aromatic heterocycles. The van der Waals surface area contributed by atoms with Crippen molar-refractivity contribution in [1.29, 1.82) is 0 Å². The number of nitrogens with one attached hydrogen (secondary N) is 1. The average molecular weight is 335 g/mol. The number of carbonyl (C=O) groups is 1. The second-order valence-electron chi connectivity index (χ2n) is 5.09. The van der Waals surface area contributed by atoms with E-state index in [1.54, 1.807) is 0 Å². The van der Waals surface area contributed by atoms with Gasteiger partial charge in [-0.05, 0) is 31.4 Å². The van der Waals surface area contributed by atoms with Crippen LogP contribution in [0.4, 0.5) is 0 Å². The number of pyridine rings is 1. The molecule has 0 radical (unpaired) electrons. The van der Waals surface area contributed by atoms with E-state index >= 15 is 0 Å². The number of hydrogen-bond donors (Lipinski definition) is 1. The van der Waals surface area contributed by atoms with Gasteiger partial charge in [-0.3, -0.25) is 9.59 Å². The third-order valence-corrected chi connectivity index (χ3v) is 4.17. The molecule has 3 rings (SSSR count). The lowest BCUT2D eigenvalue weighted by atomic mass is 10.1. The van der Waals surface area contributed by atoms with Gasteiger partial charge >= 0.3 is 0 Å². The molecular weight excluding hydrogens is 320 g/mol. The smallest absolute Gasteiger partial charge is 0.254 e. The van der Waals surface area contributed by atoms with E-state index in [0.29, 0.717) is 11.1 Å². The van der Waals surface area contributed by atoms with Crippen LogP contribution >= 0.6 is 15.9 Å². The van der Waals surface area contributed by atoms with Gasteiger partial charge in [0.05, 0.1) is 11.1 Å². The monoisotopic (exact) mass is 334 g/mol. The van der Waals surface area contributed by atoms with E-state index < -0.39 is 0 Å². The number of benzene rings is 1. The summed E-state index contributed by atoms with van der Waals surface area (Å²) in [5.41, 5.74) is 0.946. The lowest BCUT2D eigenvalue weighted by Gasteiger charge is -2.27. The Balaban J connectivity index is 2.10. The molecule has 20 heavy (non-hydrogen) atoms. The number of rotatable bonds is 1. The highest BCUT2D eigenvalue weighted by molar-refractivity contribution is 9.10. The van der Waals surface area contributed by atoms with Crippen molar-refractivity contribution in [2.24, 2.45) is 0 Å². The Hall–Kier alpha value is -1.62. The first-order valence-corrected chi connectivity index (χ1v) is 7.56. The molecule has 0 unspecified atom stereocenters. The van der Waals surface area contributed by atoms with E-state index in [0.717, 1.165) is 35.8 Å². The Morgan fingerprint density at radius 1 is 1.15 bits per heavy atom. The molecule has 1 amide bonds. The summed E-state index contributed by atoms with van der Waals surface area (Å²) in [5, 5.41) is 0.795. The number of H-pyrrole nitrogens is 1. The maximum Gasteiger partial charge on any atom is 0.254 e. The summed E-state index contributed by atoms with van der Waals surface area (Å²) in [6.45, 7) is 1.56. The zero-order valence-electron chi connectivity index (χ0n) is 11.0. The van der Waals surface area contributed by atoms with Crippen molar-refractivity contribution in [1.82, 2.24) is 9.88 Å². The number of halogens is 1. The van der Waals surface area contributed by atoms with Gasteiger partial charge in [-0.1, -0.05) is 22.0 Å². The number of aromatic amines is 1. The molecule has 0 spiro atoms. The number of carbonyl (C=O) groups excluding carboxylic acids is 1. The first-order chi connectivity index (χ1) is 9.65. The lowest BCUT2D eigenvalue weighted by Crippen LogP contribution is -2.36. The number of likely N-dealkylation sites (tertiary alicyclic amines) is 1. The minimum absolute atomic E-state index is 0.0388. The van der Waals surface area contributed by atoms with Crippen LogP contribution in [-0.2, 0) is 0 Å². The summed E-state index contributed by atoms with van der Waals surface area (Å²) in [6, 6.07) is 6.98. The van der Waals surface area contributed by atoms with Crippen LogP contribution in [0, 0.1) is 0 Å². The molecule has 5 heteroatoms. The molecule has 0 atom stereocenters. The van der Waals surface area contributed by atoms with Gasteiger partial charge in [0.15, 0.2) is 0 Å². The van der Waals surface area contributed by atoms with Crippen LogP contribution in [0.25, 0.3) is 10.9 Å². The maximum atomic E-state index is 12.6. The summed E-state index contributed by atoms with van der Waals surface area (Å²) in [7, 11) is 0. The summed E-state index contributed by atoms with van der Waals surface area (Å²) < 4.78 is 0.878. The van der Waals surface area contributed by atoms with Crippen molar-refractivity contribution in [3.63, 3.8) is 0 Å². The number of aromatic nitrogens is 1. The van der Waals surface area contributed by atoms with Gasteiger partial charge in [-0.15, -0.1) is 0 Å². The van der Waals surface area contributed by atoms with Crippen LogP contribution in [0.1, 0.15) is 29.6 Å². The van der Waals surface area contributed by atoms with Gasteiger partial charge in [0, 0.05) is 29.0 Å². The summed E-state index contributed by atoms with van der Waals surface area (Å²) in [6.07, 6.45) is 3.25. The van der Waals surface area contributed by atoms with Gasteiger partial charge in [0.1, 0.15) is 0 Å². The number of hydrogen-bond acceptors (Lipinski definition) is 2. The van der Waals surface area contributed by atoms with Gasteiger partial charge in [-0.2, -0.15) is 0 Å². The van der Waals surface area contributed by atoms with Crippen molar-refractivity contribution >= 4 is 32.7 Å². The zero-order valence-corrected chi connectivity index (χ0v) is 12.6. The van der Waals surface area contributed by atoms with E-state index in [-0.39, 0.29) is 11.5 Å². The Kier molecular flexibility index (Phi) is 3.61. The number of piperidine rings is 1. The third-order valence-electron chi connectivity index (χ3n) is 3.68. The lowest BCUT2D eigenvalue weighted by molar-refractivity contribution is 0.0726. The maximum absolute atomic E-state index is 12.6. The molecule has 1 aliphatic heterocycles. The van der Waals surface area contributed by atoms with Gasteiger partial charge in [0.2, 0.25) is 5.56 Å². The van der Waals surface area contributed by atoms with Crippen LogP contribution in [0.3, 0.4) is 0 Å². The van der Waals surface area contributed by atoms with Crippen molar-refractivity contribution in [3.05, 3.63) is 44.7 Å². The Morgan fingerprint density at radius 2 is 1.90 bits per heavy atom. The van der Waals surface area contributed by atoms with Crippen LogP contribution in [0.15, 0.2) is 33.5 Å². The quantitative estimate of drug-likeness (QED) is 0.871. The summed E-state index contributed by atoms with van der Waals surface area (Å²) in [5.74, 6) is -0.0388. The molecule has 1 N–H and O–H groups in total. The van der Waals surface area contributed by atoms with Crippen LogP contribution in [-0.4, -0.2) is 28.9 Å². The predicted octanol–water partition coefficient (Wildman–Crippen LogP) is 2.92. The van der Waals surface area contributed by atoms with Crippen molar-refractivity contribution in [2.45, 2.75) is 19.3 Å². The minimum atomic E-state index is -0.240. The molecule has 0 saturated carbocycles. The topological polar surface area (TPSA) is 53.2 Å². The first-order valence-electron chi connectivity index (χ1n) is 6.77. The molecule has 1 aliphatic rings. The normalized spacial score (nSPS) is 15.6. The predicted molar refractivity (Wildman–Crippen MR) is 82.0 cm³/mol. The standard InChI is InChI=1S/C15H15BrN2O2/c16-10-4-5-11-12(9-14(19)17-13(11)8-10)15(20)18-6-2-1-3-7-18/h4-5,8-9H,1-3,6-7H2,(H,17,19). The van der Waals surface area contributed by atoms with Crippen LogP contribution in [0.5, 0.6) is 0 Å². The summed E-state index contributed by atoms with van der Waals surface area (Å²) >= 11 is 3.38. The second-order valence-corrected chi connectivity index (χ2v) is 6.01. The largest absolute Gasteiger partial charge is 0.339 e. The summed E-state index contributed by atoms with van der Waals surface area (Å²) in [4.78, 5) is 29.0. The van der Waals surface area contributed by atoms with Crippen molar-refractivity contribution in [3.8, 4) is 0 Å². The highest BCUT2D eigenvalue weighted by Gasteiger charge is 2.20. The second kappa shape index (κ2) is 5.40. The van der Waals surface area contributed by atoms with Gasteiger partial charge in [-0.25, -0.2) is 0 Å². The fourth-order valence-corrected chi connectivity index (χ4v) is 3.04. The molecule has 0 aliphatic carbocycles. The molecule has 1 fully saturated rings. The Morgan fingerprint density at radius 3 is 2.65 bits per heavy atom. The van der Waals surface area contributed by atoms with E-state index in [2.05, 4.69) is 20.9 Å². The minimum Gasteiger partial charge on any atom is -0.339 e. The SMILES string of the molecule is O=C(c1cc(=O)[nH]c2cc(Br)ccc12)N1CCCCC1. The molecule has 104 valence electrons. The number of nitrogens with zero attached hydrogens (tertiary/aromatic N) is 1. The van der Waals surface area contributed by atoms with Gasteiger partial charge in [0.25, 0.3) is 5.91 Å². The van der Waals surface area contributed by atoms with Gasteiger partial charge < -0.3 is 9.88 Å². The molecule has 0 bridgehead atoms. The Labute approximate surface area is 124 Å². The first kappa shape index (κ1) is 13.4. The molecule has 1 aromatic carbocycles. The van der Waals surface area contributed by atoms with Crippen molar-refractivity contribution < 1.29 is 4.79 Å². The number of fused-ring (bicyclic) bond motifs is 1. The highest BCUT2D eigenvalue weighted by Crippen LogP contribution is 2.22. The molecule has 1 saturated heterocycles. The van der Waals surface area contributed by atoms with E-state index in [9.17, 15) is 9.59 Å². The molecular formula is C15H15BrN2O2. The molecule has 4 nitrogen and oxygen atoms in total. The van der Waals surface area contributed by atoms with Crippen molar-refractivity contribution in [2.75, 3.05) is 13.1 Å². The zero-order chi connectivity index (χ0) is 14.1. The fraction of sp³-hybridized carbons (Fsp3) is 0.333. The van der Waals surface area contributed by atoms with Crippen LogP contribution in [0.2, 0.25) is 0 Å². The Bertz CT molecular complexity index is 717.